The maximum atomic E-state index is 13.2. The average molecular weight is 491 g/mol. The normalized spacial score (nSPS) is 16.9. The number of aromatic nitrogens is 1. The van der Waals surface area contributed by atoms with Crippen LogP contribution in [0.2, 0.25) is 0 Å². The number of carbonyl (C=O) groups excluding carboxylic acids is 2. The molecule has 3 aromatic rings. The molecule has 1 aromatic carbocycles. The molecule has 0 bridgehead atoms. The van der Waals surface area contributed by atoms with Crippen molar-refractivity contribution in [1.82, 2.24) is 9.88 Å². The van der Waals surface area contributed by atoms with Gasteiger partial charge in [0.2, 0.25) is 0 Å². The lowest BCUT2D eigenvalue weighted by Crippen LogP contribution is -2.29. The first-order valence-electron chi connectivity index (χ1n) is 12.2. The van der Waals surface area contributed by atoms with Crippen LogP contribution in [0, 0.1) is 0 Å². The van der Waals surface area contributed by atoms with Gasteiger partial charge in [0.05, 0.1) is 37.6 Å². The van der Waals surface area contributed by atoms with Gasteiger partial charge in [0.15, 0.2) is 11.5 Å². The molecule has 1 aliphatic heterocycles. The van der Waals surface area contributed by atoms with E-state index < -0.39 is 17.7 Å². The van der Waals surface area contributed by atoms with Crippen molar-refractivity contribution >= 4 is 17.4 Å². The second-order valence-corrected chi connectivity index (χ2v) is 8.44. The van der Waals surface area contributed by atoms with E-state index in [-0.39, 0.29) is 17.9 Å². The summed E-state index contributed by atoms with van der Waals surface area (Å²) in [5.41, 5.74) is 1.00. The highest BCUT2D eigenvalue weighted by Gasteiger charge is 2.46. The lowest BCUT2D eigenvalue weighted by Gasteiger charge is -2.25. The molecule has 0 saturated carbocycles. The lowest BCUT2D eigenvalue weighted by atomic mass is 9.95. The van der Waals surface area contributed by atoms with Gasteiger partial charge < -0.3 is 23.9 Å². The van der Waals surface area contributed by atoms with Crippen LogP contribution in [-0.2, 0) is 16.1 Å². The molecular weight excluding hydrogens is 460 g/mol. The van der Waals surface area contributed by atoms with Crippen molar-refractivity contribution in [2.75, 3.05) is 13.2 Å². The van der Waals surface area contributed by atoms with Gasteiger partial charge in [-0.1, -0.05) is 25.8 Å². The molecule has 8 nitrogen and oxygen atoms in total. The minimum atomic E-state index is -0.850. The number of amides is 1. The van der Waals surface area contributed by atoms with E-state index in [0.29, 0.717) is 41.6 Å². The third-order valence-electron chi connectivity index (χ3n) is 5.99. The van der Waals surface area contributed by atoms with Crippen molar-refractivity contribution in [3.63, 3.8) is 0 Å². The van der Waals surface area contributed by atoms with Gasteiger partial charge >= 0.3 is 0 Å². The number of hydrogen-bond donors (Lipinski definition) is 1. The van der Waals surface area contributed by atoms with Crippen LogP contribution in [0.5, 0.6) is 11.5 Å². The molecule has 2 aromatic heterocycles. The quantitative estimate of drug-likeness (QED) is 0.169. The minimum absolute atomic E-state index is 0.00295. The monoisotopic (exact) mass is 490 g/mol. The zero-order valence-corrected chi connectivity index (χ0v) is 20.5. The number of nitrogens with zero attached hydrogens (tertiary/aromatic N) is 2. The number of unbranched alkanes of at least 4 members (excludes halogenated alkanes) is 2. The first-order valence-corrected chi connectivity index (χ1v) is 12.2. The molecule has 0 aliphatic carbocycles. The number of benzene rings is 1. The smallest absolute Gasteiger partial charge is 0.296 e. The van der Waals surface area contributed by atoms with E-state index in [1.807, 2.05) is 6.92 Å². The van der Waals surface area contributed by atoms with E-state index in [9.17, 15) is 14.7 Å². The molecule has 1 unspecified atom stereocenters. The zero-order chi connectivity index (χ0) is 25.5. The average Bonchev–Trinajstić information content (AvgIpc) is 3.50. The van der Waals surface area contributed by atoms with E-state index in [4.69, 9.17) is 13.9 Å². The van der Waals surface area contributed by atoms with Crippen LogP contribution < -0.4 is 9.47 Å². The fraction of sp³-hybridized carbons (Fsp3) is 0.321. The van der Waals surface area contributed by atoms with Crippen LogP contribution in [0.15, 0.2) is 71.1 Å². The number of hydrogen-bond acceptors (Lipinski definition) is 7. The van der Waals surface area contributed by atoms with Crippen LogP contribution in [-0.4, -0.2) is 39.9 Å². The Balaban J connectivity index is 1.78. The van der Waals surface area contributed by atoms with Gasteiger partial charge in [0.25, 0.3) is 11.7 Å². The van der Waals surface area contributed by atoms with E-state index in [2.05, 4.69) is 11.9 Å². The van der Waals surface area contributed by atoms with Crippen molar-refractivity contribution in [2.24, 2.45) is 0 Å². The summed E-state index contributed by atoms with van der Waals surface area (Å²) in [6.45, 7) is 5.05. The van der Waals surface area contributed by atoms with Crippen LogP contribution in [0.1, 0.15) is 56.0 Å². The summed E-state index contributed by atoms with van der Waals surface area (Å²) < 4.78 is 17.3. The number of ether oxygens (including phenoxy) is 2. The fourth-order valence-electron chi connectivity index (χ4n) is 4.24. The number of Topliss-reactive ketones (excluding diaryl/α,β-unsaturated/α-hetero) is 1. The predicted molar refractivity (Wildman–Crippen MR) is 133 cm³/mol. The summed E-state index contributed by atoms with van der Waals surface area (Å²) in [5, 5.41) is 11.2. The Morgan fingerprint density at radius 1 is 1.06 bits per heavy atom. The highest BCUT2D eigenvalue weighted by molar-refractivity contribution is 6.46. The van der Waals surface area contributed by atoms with Crippen molar-refractivity contribution in [1.29, 1.82) is 0 Å². The number of aliphatic hydroxyl groups excluding tert-OH is 1. The molecule has 188 valence electrons. The van der Waals surface area contributed by atoms with Crippen LogP contribution in [0.25, 0.3) is 5.76 Å². The summed E-state index contributed by atoms with van der Waals surface area (Å²) in [7, 11) is 0. The van der Waals surface area contributed by atoms with Crippen LogP contribution in [0.4, 0.5) is 0 Å². The fourth-order valence-corrected chi connectivity index (χ4v) is 4.24. The molecule has 1 atom stereocenters. The molecule has 36 heavy (non-hydrogen) atoms. The van der Waals surface area contributed by atoms with Gasteiger partial charge in [0.1, 0.15) is 11.5 Å². The summed E-state index contributed by atoms with van der Waals surface area (Å²) in [4.78, 5) is 31.7. The van der Waals surface area contributed by atoms with Crippen molar-refractivity contribution < 1.29 is 28.6 Å². The summed E-state index contributed by atoms with van der Waals surface area (Å²) >= 11 is 0. The van der Waals surface area contributed by atoms with Crippen molar-refractivity contribution in [3.8, 4) is 11.5 Å². The molecule has 1 N–H and O–H groups in total. The Labute approximate surface area is 210 Å². The number of likely N-dealkylation sites (tertiary alicyclic amines) is 1. The van der Waals surface area contributed by atoms with E-state index in [1.165, 1.54) is 23.6 Å². The first-order chi connectivity index (χ1) is 17.5. The minimum Gasteiger partial charge on any atom is -0.507 e. The van der Waals surface area contributed by atoms with Crippen molar-refractivity contribution in [2.45, 2.75) is 45.7 Å². The largest absolute Gasteiger partial charge is 0.507 e. The highest BCUT2D eigenvalue weighted by atomic mass is 16.5. The second kappa shape index (κ2) is 11.6. The van der Waals surface area contributed by atoms with Gasteiger partial charge in [-0.25, -0.2) is 0 Å². The van der Waals surface area contributed by atoms with Crippen LogP contribution in [0.3, 0.4) is 0 Å². The molecule has 3 heterocycles. The standard InChI is InChI=1S/C28H30N2O6/c1-3-5-6-15-36-22-10-9-20(17-23(22)34-4-2)25-24(26(31)19-11-13-29-14-12-19)27(32)28(33)30(25)18-21-8-7-16-35-21/h7-14,16-17,25,31H,3-6,15,18H2,1-2H3/b26-24+. The predicted octanol–water partition coefficient (Wildman–Crippen LogP) is 5.26. The van der Waals surface area contributed by atoms with Gasteiger partial charge in [-0.3, -0.25) is 14.6 Å². The third kappa shape index (κ3) is 5.27. The molecule has 0 spiro atoms. The first kappa shape index (κ1) is 25.0. The summed E-state index contributed by atoms with van der Waals surface area (Å²) in [5.74, 6) is -0.122. The van der Waals surface area contributed by atoms with E-state index in [0.717, 1.165) is 19.3 Å². The van der Waals surface area contributed by atoms with Crippen molar-refractivity contribution in [3.05, 3.63) is 83.6 Å². The number of rotatable bonds is 11. The zero-order valence-electron chi connectivity index (χ0n) is 20.5. The maximum Gasteiger partial charge on any atom is 0.296 e. The molecule has 1 saturated heterocycles. The second-order valence-electron chi connectivity index (χ2n) is 8.44. The molecule has 8 heteroatoms. The number of carbonyl (C=O) groups is 2. The Morgan fingerprint density at radius 3 is 2.56 bits per heavy atom. The number of aliphatic hydroxyl groups is 1. The topological polar surface area (TPSA) is 102 Å². The molecular formula is C28H30N2O6. The summed E-state index contributed by atoms with van der Waals surface area (Å²) in [6.07, 6.45) is 7.63. The molecule has 1 fully saturated rings. The molecule has 4 rings (SSSR count). The highest BCUT2D eigenvalue weighted by Crippen LogP contribution is 2.42. The SMILES string of the molecule is CCCCCOc1ccc(C2/C(=C(\O)c3ccncc3)C(=O)C(=O)N2Cc2ccco2)cc1OCC. The maximum absolute atomic E-state index is 13.2. The van der Waals surface area contributed by atoms with E-state index in [1.54, 1.807) is 42.5 Å². The number of pyridine rings is 1. The van der Waals surface area contributed by atoms with Gasteiger partial charge in [-0.15, -0.1) is 0 Å². The Kier molecular flexibility index (Phi) is 8.05. The number of furan rings is 1. The third-order valence-corrected chi connectivity index (χ3v) is 5.99. The molecule has 0 radical (unpaired) electrons. The Morgan fingerprint density at radius 2 is 1.86 bits per heavy atom. The van der Waals surface area contributed by atoms with Crippen LogP contribution >= 0.6 is 0 Å². The molecule has 1 aliphatic rings. The van der Waals surface area contributed by atoms with E-state index >= 15 is 0 Å². The van der Waals surface area contributed by atoms with Gasteiger partial charge in [-0.05, 0) is 55.3 Å². The lowest BCUT2D eigenvalue weighted by molar-refractivity contribution is -0.140. The van der Waals surface area contributed by atoms with Gasteiger partial charge in [0, 0.05) is 18.0 Å². The Hall–Kier alpha value is -4.07. The Bertz CT molecular complexity index is 1220. The summed E-state index contributed by atoms with van der Waals surface area (Å²) in [6, 6.07) is 11.1. The molecule has 1 amide bonds. The number of ketones is 1. The van der Waals surface area contributed by atoms with Gasteiger partial charge in [-0.2, -0.15) is 0 Å².